The van der Waals surface area contributed by atoms with Gasteiger partial charge in [-0.05, 0) is 19.1 Å². The number of hydrogen-bond donors (Lipinski definition) is 1. The van der Waals surface area contributed by atoms with Gasteiger partial charge in [0.25, 0.3) is 0 Å². The van der Waals surface area contributed by atoms with Crippen molar-refractivity contribution < 1.29 is 0 Å². The highest BCUT2D eigenvalue weighted by Gasteiger charge is 2.17. The van der Waals surface area contributed by atoms with Gasteiger partial charge in [-0.1, -0.05) is 18.2 Å². The third-order valence-corrected chi connectivity index (χ3v) is 3.67. The molecule has 1 aromatic carbocycles. The zero-order chi connectivity index (χ0) is 14.3. The molecule has 20 heavy (non-hydrogen) atoms. The van der Waals surface area contributed by atoms with Gasteiger partial charge in [0.2, 0.25) is 0 Å². The summed E-state index contributed by atoms with van der Waals surface area (Å²) in [4.78, 5) is 0. The predicted octanol–water partition coefficient (Wildman–Crippen LogP) is 1.86. The van der Waals surface area contributed by atoms with Crippen molar-refractivity contribution in [1.82, 2.24) is 19.6 Å². The number of benzene rings is 1. The SMILES string of the molecule is Cc1cc(CC(N)c2nn(C)c3ccccc23)n(C)n1. The van der Waals surface area contributed by atoms with Crippen LogP contribution < -0.4 is 5.73 Å². The molecule has 0 radical (unpaired) electrons. The zero-order valence-electron chi connectivity index (χ0n) is 12.0. The Balaban J connectivity index is 1.97. The third kappa shape index (κ3) is 2.10. The number of aromatic nitrogens is 4. The van der Waals surface area contributed by atoms with Crippen LogP contribution in [0.2, 0.25) is 0 Å². The van der Waals surface area contributed by atoms with Crippen LogP contribution in [0.15, 0.2) is 30.3 Å². The molecule has 0 spiro atoms. The maximum Gasteiger partial charge on any atom is 0.0874 e. The highest BCUT2D eigenvalue weighted by atomic mass is 15.3. The molecule has 5 nitrogen and oxygen atoms in total. The number of nitrogens with two attached hydrogens (primary N) is 1. The molecule has 0 aliphatic heterocycles. The van der Waals surface area contributed by atoms with E-state index < -0.39 is 0 Å². The largest absolute Gasteiger partial charge is 0.322 e. The second-order valence-electron chi connectivity index (χ2n) is 5.24. The van der Waals surface area contributed by atoms with Crippen molar-refractivity contribution in [3.05, 3.63) is 47.4 Å². The van der Waals surface area contributed by atoms with E-state index in [1.165, 1.54) is 0 Å². The fourth-order valence-electron chi connectivity index (χ4n) is 2.69. The number of fused-ring (bicyclic) bond motifs is 1. The van der Waals surface area contributed by atoms with Gasteiger partial charge in [0, 0.05) is 31.6 Å². The summed E-state index contributed by atoms with van der Waals surface area (Å²) in [5, 5.41) is 10.1. The average molecular weight is 269 g/mol. The second-order valence-corrected chi connectivity index (χ2v) is 5.24. The van der Waals surface area contributed by atoms with Crippen molar-refractivity contribution in [1.29, 1.82) is 0 Å². The lowest BCUT2D eigenvalue weighted by Gasteiger charge is -2.09. The van der Waals surface area contributed by atoms with Crippen molar-refractivity contribution in [3.63, 3.8) is 0 Å². The van der Waals surface area contributed by atoms with Gasteiger partial charge in [-0.15, -0.1) is 0 Å². The van der Waals surface area contributed by atoms with Crippen molar-refractivity contribution in [2.45, 2.75) is 19.4 Å². The van der Waals surface area contributed by atoms with E-state index in [4.69, 9.17) is 5.73 Å². The summed E-state index contributed by atoms with van der Waals surface area (Å²) < 4.78 is 3.78. The molecule has 0 saturated carbocycles. The van der Waals surface area contributed by atoms with E-state index >= 15 is 0 Å². The molecule has 3 aromatic rings. The molecule has 0 saturated heterocycles. The molecule has 2 heterocycles. The summed E-state index contributed by atoms with van der Waals surface area (Å²) in [6.45, 7) is 1.99. The van der Waals surface area contributed by atoms with Gasteiger partial charge in [0.15, 0.2) is 0 Å². The maximum absolute atomic E-state index is 6.37. The van der Waals surface area contributed by atoms with Gasteiger partial charge >= 0.3 is 0 Å². The Kier molecular flexibility index (Phi) is 3.06. The minimum atomic E-state index is -0.129. The van der Waals surface area contributed by atoms with Crippen LogP contribution in [0.5, 0.6) is 0 Å². The lowest BCUT2D eigenvalue weighted by atomic mass is 10.1. The predicted molar refractivity (Wildman–Crippen MR) is 79.3 cm³/mol. The minimum absolute atomic E-state index is 0.129. The normalized spacial score (nSPS) is 13.0. The number of nitrogens with zero attached hydrogens (tertiary/aromatic N) is 4. The zero-order valence-corrected chi connectivity index (χ0v) is 12.0. The average Bonchev–Trinajstić information content (AvgIpc) is 2.91. The minimum Gasteiger partial charge on any atom is -0.322 e. The standard InChI is InChI=1S/C15H19N5/c1-10-8-11(19(2)17-10)9-13(16)15-12-6-4-5-7-14(12)20(3)18-15/h4-8,13H,9,16H2,1-3H3. The maximum atomic E-state index is 6.37. The molecule has 104 valence electrons. The van der Waals surface area contributed by atoms with E-state index in [1.807, 2.05) is 42.5 Å². The molecule has 0 bridgehead atoms. The second kappa shape index (κ2) is 4.76. The lowest BCUT2D eigenvalue weighted by molar-refractivity contribution is 0.618. The highest BCUT2D eigenvalue weighted by molar-refractivity contribution is 5.82. The molecular weight excluding hydrogens is 250 g/mol. The third-order valence-electron chi connectivity index (χ3n) is 3.67. The molecule has 2 aromatic heterocycles. The molecule has 2 N–H and O–H groups in total. The van der Waals surface area contributed by atoms with Crippen molar-refractivity contribution in [2.24, 2.45) is 19.8 Å². The first-order chi connectivity index (χ1) is 9.56. The van der Waals surface area contributed by atoms with Crippen molar-refractivity contribution >= 4 is 10.9 Å². The summed E-state index contributed by atoms with van der Waals surface area (Å²) in [6.07, 6.45) is 0.734. The van der Waals surface area contributed by atoms with Crippen LogP contribution in [-0.2, 0) is 20.5 Å². The summed E-state index contributed by atoms with van der Waals surface area (Å²) in [6, 6.07) is 10.1. The van der Waals surface area contributed by atoms with Crippen LogP contribution in [0.25, 0.3) is 10.9 Å². The van der Waals surface area contributed by atoms with Crippen LogP contribution in [0.1, 0.15) is 23.1 Å². The first-order valence-electron chi connectivity index (χ1n) is 6.73. The van der Waals surface area contributed by atoms with Crippen molar-refractivity contribution in [3.8, 4) is 0 Å². The summed E-state index contributed by atoms with van der Waals surface area (Å²) >= 11 is 0. The van der Waals surface area contributed by atoms with Crippen LogP contribution >= 0.6 is 0 Å². The Bertz CT molecular complexity index is 753. The summed E-state index contributed by atoms with van der Waals surface area (Å²) in [5.41, 5.74) is 10.6. The first kappa shape index (κ1) is 12.9. The molecule has 0 amide bonds. The molecular formula is C15H19N5. The van der Waals surface area contributed by atoms with E-state index in [2.05, 4.69) is 28.4 Å². The summed E-state index contributed by atoms with van der Waals surface area (Å²) in [5.74, 6) is 0. The fourth-order valence-corrected chi connectivity index (χ4v) is 2.69. The van der Waals surface area contributed by atoms with E-state index in [1.54, 1.807) is 0 Å². The molecule has 0 aliphatic carbocycles. The monoisotopic (exact) mass is 269 g/mol. The number of para-hydroxylation sites is 1. The van der Waals surface area contributed by atoms with Gasteiger partial charge in [0.1, 0.15) is 0 Å². The quantitative estimate of drug-likeness (QED) is 0.789. The van der Waals surface area contributed by atoms with Crippen LogP contribution in [0.3, 0.4) is 0 Å². The van der Waals surface area contributed by atoms with Gasteiger partial charge in [-0.25, -0.2) is 0 Å². The molecule has 1 unspecified atom stereocenters. The summed E-state index contributed by atoms with van der Waals surface area (Å²) in [7, 11) is 3.90. The van der Waals surface area contributed by atoms with Gasteiger partial charge in [-0.2, -0.15) is 10.2 Å². The van der Waals surface area contributed by atoms with E-state index in [9.17, 15) is 0 Å². The molecule has 5 heteroatoms. The fraction of sp³-hybridized carbons (Fsp3) is 0.333. The number of hydrogen-bond acceptors (Lipinski definition) is 3. The van der Waals surface area contributed by atoms with Crippen LogP contribution in [-0.4, -0.2) is 19.6 Å². The number of aryl methyl sites for hydroxylation is 3. The Morgan fingerprint density at radius 2 is 1.90 bits per heavy atom. The topological polar surface area (TPSA) is 61.7 Å². The van der Waals surface area contributed by atoms with Crippen LogP contribution in [0, 0.1) is 6.92 Å². The van der Waals surface area contributed by atoms with Gasteiger partial charge in [-0.3, -0.25) is 9.36 Å². The van der Waals surface area contributed by atoms with E-state index in [0.29, 0.717) is 0 Å². The Morgan fingerprint density at radius 1 is 1.15 bits per heavy atom. The first-order valence-corrected chi connectivity index (χ1v) is 6.73. The Morgan fingerprint density at radius 3 is 2.60 bits per heavy atom. The van der Waals surface area contributed by atoms with Gasteiger partial charge in [0.05, 0.1) is 22.9 Å². The molecule has 1 atom stereocenters. The molecule has 3 rings (SSSR count). The lowest BCUT2D eigenvalue weighted by Crippen LogP contribution is -2.16. The Hall–Kier alpha value is -2.14. The highest BCUT2D eigenvalue weighted by Crippen LogP contribution is 2.24. The van der Waals surface area contributed by atoms with Crippen LogP contribution in [0.4, 0.5) is 0 Å². The van der Waals surface area contributed by atoms with Gasteiger partial charge < -0.3 is 5.73 Å². The van der Waals surface area contributed by atoms with E-state index in [0.717, 1.165) is 34.4 Å². The van der Waals surface area contributed by atoms with Crippen molar-refractivity contribution in [2.75, 3.05) is 0 Å². The number of rotatable bonds is 3. The van der Waals surface area contributed by atoms with E-state index in [-0.39, 0.29) is 6.04 Å². The smallest absolute Gasteiger partial charge is 0.0874 e. The molecule has 0 fully saturated rings. The molecule has 0 aliphatic rings. The Labute approximate surface area is 118 Å².